The van der Waals surface area contributed by atoms with Gasteiger partial charge >= 0.3 is 0 Å². The van der Waals surface area contributed by atoms with Crippen molar-refractivity contribution in [2.24, 2.45) is 5.92 Å². The van der Waals surface area contributed by atoms with Gasteiger partial charge in [0, 0.05) is 13.1 Å². The van der Waals surface area contributed by atoms with E-state index in [0.717, 1.165) is 51.8 Å². The number of aromatic nitrogens is 3. The molecule has 4 aromatic rings. The molecule has 8 heteroatoms. The number of carbonyl (C=O) groups is 1. The first-order valence-electron chi connectivity index (χ1n) is 11.6. The van der Waals surface area contributed by atoms with Gasteiger partial charge in [0.05, 0.1) is 28.0 Å². The molecule has 1 aliphatic heterocycles. The van der Waals surface area contributed by atoms with Gasteiger partial charge in [0.25, 0.3) is 0 Å². The summed E-state index contributed by atoms with van der Waals surface area (Å²) in [5.74, 6) is -0.270. The molecular weight excluding hydrogens is 449 g/mol. The molecule has 6 nitrogen and oxygen atoms in total. The Labute approximate surface area is 202 Å². The van der Waals surface area contributed by atoms with E-state index in [-0.39, 0.29) is 23.7 Å². The van der Waals surface area contributed by atoms with Crippen molar-refractivity contribution in [1.29, 1.82) is 0 Å². The van der Waals surface area contributed by atoms with Crippen LogP contribution < -0.4 is 10.2 Å². The first kappa shape index (κ1) is 22.5. The molecule has 3 heterocycles. The molecule has 0 saturated carbocycles. The van der Waals surface area contributed by atoms with E-state index in [9.17, 15) is 9.18 Å². The van der Waals surface area contributed by atoms with Gasteiger partial charge in [0.15, 0.2) is 10.8 Å². The molecule has 34 heavy (non-hydrogen) atoms. The van der Waals surface area contributed by atoms with Crippen LogP contribution in [-0.4, -0.2) is 33.8 Å². The van der Waals surface area contributed by atoms with Crippen molar-refractivity contribution in [3.63, 3.8) is 0 Å². The number of benzene rings is 2. The molecule has 0 aliphatic carbocycles. The zero-order valence-electron chi connectivity index (χ0n) is 19.6. The predicted octanol–water partition coefficient (Wildman–Crippen LogP) is 5.33. The van der Waals surface area contributed by atoms with Crippen molar-refractivity contribution in [1.82, 2.24) is 20.1 Å². The number of amides is 1. The van der Waals surface area contributed by atoms with Crippen LogP contribution in [0.1, 0.15) is 42.6 Å². The average Bonchev–Trinajstić information content (AvgIpc) is 3.41. The summed E-state index contributed by atoms with van der Waals surface area (Å²) in [6.07, 6.45) is 1.81. The Balaban J connectivity index is 1.32. The van der Waals surface area contributed by atoms with Gasteiger partial charge < -0.3 is 10.2 Å². The number of nitrogens with one attached hydrogen (secondary N) is 1. The van der Waals surface area contributed by atoms with Crippen molar-refractivity contribution in [2.45, 2.75) is 39.7 Å². The van der Waals surface area contributed by atoms with Gasteiger partial charge in [-0.05, 0) is 63.4 Å². The van der Waals surface area contributed by atoms with Crippen molar-refractivity contribution < 1.29 is 9.18 Å². The van der Waals surface area contributed by atoms with Gasteiger partial charge in [0.2, 0.25) is 5.91 Å². The van der Waals surface area contributed by atoms with E-state index >= 15 is 0 Å². The number of rotatable bonds is 5. The first-order chi connectivity index (χ1) is 16.4. The van der Waals surface area contributed by atoms with Crippen LogP contribution in [0, 0.1) is 25.6 Å². The molecule has 1 amide bonds. The fourth-order valence-electron chi connectivity index (χ4n) is 4.46. The molecule has 1 fully saturated rings. The molecule has 1 N–H and O–H groups in total. The number of anilines is 1. The standard InChI is InChI=1S/C26H28FN5OS/c1-16-6-8-19(9-7-16)17(2)28-25(33)20-5-4-14-31(15-20)26-29-24-23(34-26)18(3)30-32(24)22-12-10-21(27)11-13-22/h6-13,17,20H,4-5,14-15H2,1-3H3,(H,28,33)/t17-,20-/m1/s1. The molecule has 5 rings (SSSR count). The van der Waals surface area contributed by atoms with Crippen LogP contribution in [0.25, 0.3) is 16.0 Å². The monoisotopic (exact) mass is 477 g/mol. The second-order valence-corrected chi connectivity index (χ2v) is 10.0. The SMILES string of the molecule is Cc1ccc([C@@H](C)NC(=O)[C@@H]2CCCN(c3nc4c(s3)c(C)nn4-c3ccc(F)cc3)C2)cc1. The average molecular weight is 478 g/mol. The number of hydrogen-bond donors (Lipinski definition) is 1. The van der Waals surface area contributed by atoms with Gasteiger partial charge in [-0.2, -0.15) is 10.1 Å². The van der Waals surface area contributed by atoms with Gasteiger partial charge in [-0.15, -0.1) is 0 Å². The summed E-state index contributed by atoms with van der Waals surface area (Å²) >= 11 is 1.60. The van der Waals surface area contributed by atoms with Crippen molar-refractivity contribution >= 4 is 32.7 Å². The maximum atomic E-state index is 13.4. The molecule has 176 valence electrons. The van der Waals surface area contributed by atoms with Gasteiger partial charge in [-0.1, -0.05) is 41.2 Å². The molecule has 2 aromatic heterocycles. The fourth-order valence-corrected chi connectivity index (χ4v) is 5.48. The Morgan fingerprint density at radius 3 is 2.62 bits per heavy atom. The zero-order chi connectivity index (χ0) is 23.8. The molecule has 0 bridgehead atoms. The maximum absolute atomic E-state index is 13.4. The van der Waals surface area contributed by atoms with Crippen LogP contribution in [0.15, 0.2) is 48.5 Å². The first-order valence-corrected chi connectivity index (χ1v) is 12.4. The van der Waals surface area contributed by atoms with E-state index in [1.54, 1.807) is 28.2 Å². The molecule has 2 atom stereocenters. The molecule has 1 aliphatic rings. The van der Waals surface area contributed by atoms with Gasteiger partial charge in [0.1, 0.15) is 5.82 Å². The Hall–Kier alpha value is -3.26. The van der Waals surface area contributed by atoms with Gasteiger partial charge in [-0.25, -0.2) is 9.07 Å². The van der Waals surface area contributed by atoms with Crippen LogP contribution in [0.2, 0.25) is 0 Å². The lowest BCUT2D eigenvalue weighted by Gasteiger charge is -2.32. The molecule has 0 unspecified atom stereocenters. The third kappa shape index (κ3) is 4.42. The predicted molar refractivity (Wildman–Crippen MR) is 134 cm³/mol. The molecule has 0 spiro atoms. The minimum atomic E-state index is -0.280. The van der Waals surface area contributed by atoms with Crippen molar-refractivity contribution in [3.05, 3.63) is 71.2 Å². The quantitative estimate of drug-likeness (QED) is 0.422. The zero-order valence-corrected chi connectivity index (χ0v) is 20.4. The summed E-state index contributed by atoms with van der Waals surface area (Å²) < 4.78 is 16.2. The summed E-state index contributed by atoms with van der Waals surface area (Å²) in [6, 6.07) is 14.5. The highest BCUT2D eigenvalue weighted by atomic mass is 32.1. The Morgan fingerprint density at radius 2 is 1.88 bits per heavy atom. The minimum absolute atomic E-state index is 0.0322. The highest BCUT2D eigenvalue weighted by molar-refractivity contribution is 7.22. The Bertz CT molecular complexity index is 1310. The Morgan fingerprint density at radius 1 is 1.15 bits per heavy atom. The molecular formula is C26H28FN5OS. The van der Waals surface area contributed by atoms with E-state index in [1.807, 2.05) is 13.8 Å². The van der Waals surface area contributed by atoms with Crippen LogP contribution >= 0.6 is 11.3 Å². The smallest absolute Gasteiger partial charge is 0.225 e. The van der Waals surface area contributed by atoms with Crippen LogP contribution in [0.5, 0.6) is 0 Å². The summed E-state index contributed by atoms with van der Waals surface area (Å²) in [7, 11) is 0. The number of hydrogen-bond acceptors (Lipinski definition) is 5. The molecule has 1 saturated heterocycles. The van der Waals surface area contributed by atoms with Crippen LogP contribution in [0.3, 0.4) is 0 Å². The highest BCUT2D eigenvalue weighted by Crippen LogP contribution is 2.34. The minimum Gasteiger partial charge on any atom is -0.349 e. The number of piperidine rings is 1. The number of thiazole rings is 1. The number of carbonyl (C=O) groups excluding carboxylic acids is 1. The van der Waals surface area contributed by atoms with E-state index in [4.69, 9.17) is 4.98 Å². The van der Waals surface area contributed by atoms with Crippen molar-refractivity contribution in [2.75, 3.05) is 18.0 Å². The summed E-state index contributed by atoms with van der Waals surface area (Å²) in [6.45, 7) is 7.57. The normalized spacial score (nSPS) is 17.2. The largest absolute Gasteiger partial charge is 0.349 e. The third-order valence-corrected chi connectivity index (χ3v) is 7.66. The molecule has 2 aromatic carbocycles. The lowest BCUT2D eigenvalue weighted by atomic mass is 9.96. The number of aryl methyl sites for hydroxylation is 2. The second kappa shape index (κ2) is 9.18. The third-order valence-electron chi connectivity index (χ3n) is 6.45. The van der Waals surface area contributed by atoms with E-state index < -0.39 is 0 Å². The van der Waals surface area contributed by atoms with Crippen LogP contribution in [0.4, 0.5) is 9.52 Å². The maximum Gasteiger partial charge on any atom is 0.225 e. The summed E-state index contributed by atoms with van der Waals surface area (Å²) in [5.41, 5.74) is 4.75. The second-order valence-electron chi connectivity index (χ2n) is 9.05. The summed E-state index contributed by atoms with van der Waals surface area (Å²) in [5, 5.41) is 8.70. The van der Waals surface area contributed by atoms with E-state index in [1.165, 1.54) is 17.7 Å². The lowest BCUT2D eigenvalue weighted by Crippen LogP contribution is -2.43. The fraction of sp³-hybridized carbons (Fsp3) is 0.346. The van der Waals surface area contributed by atoms with Gasteiger partial charge in [-0.3, -0.25) is 4.79 Å². The summed E-state index contributed by atoms with van der Waals surface area (Å²) in [4.78, 5) is 20.2. The van der Waals surface area contributed by atoms with Crippen LogP contribution in [-0.2, 0) is 4.79 Å². The van der Waals surface area contributed by atoms with Crippen molar-refractivity contribution in [3.8, 4) is 5.69 Å². The lowest BCUT2D eigenvalue weighted by molar-refractivity contribution is -0.125. The number of fused-ring (bicyclic) bond motifs is 1. The molecule has 0 radical (unpaired) electrons. The number of halogens is 1. The highest BCUT2D eigenvalue weighted by Gasteiger charge is 2.29. The topological polar surface area (TPSA) is 63.1 Å². The van der Waals surface area contributed by atoms with E-state index in [2.05, 4.69) is 46.5 Å². The number of nitrogens with zero attached hydrogens (tertiary/aromatic N) is 4. The van der Waals surface area contributed by atoms with E-state index in [0.29, 0.717) is 6.54 Å². The Kier molecular flexibility index (Phi) is 6.08.